The van der Waals surface area contributed by atoms with Crippen LogP contribution in [0.3, 0.4) is 0 Å². The van der Waals surface area contributed by atoms with Crippen LogP contribution in [0, 0.1) is 11.7 Å². The van der Waals surface area contributed by atoms with Gasteiger partial charge in [-0.1, -0.05) is 12.1 Å². The molecule has 1 aromatic rings. The Hall–Kier alpha value is -1.40. The molecule has 1 amide bonds. The first-order valence-electron chi connectivity index (χ1n) is 7.66. The van der Waals surface area contributed by atoms with Crippen LogP contribution >= 0.6 is 0 Å². The minimum atomic E-state index is -0.775. The van der Waals surface area contributed by atoms with Crippen molar-refractivity contribution >= 4 is 24.2 Å². The minimum Gasteiger partial charge on any atom is -0.399 e. The van der Waals surface area contributed by atoms with Crippen molar-refractivity contribution in [2.24, 2.45) is 5.92 Å². The summed E-state index contributed by atoms with van der Waals surface area (Å²) in [5, 5.41) is 2.65. The van der Waals surface area contributed by atoms with E-state index in [1.165, 1.54) is 0 Å². The lowest BCUT2D eigenvalue weighted by molar-refractivity contribution is -0.117. The van der Waals surface area contributed by atoms with Crippen LogP contribution in [0.15, 0.2) is 18.2 Å². The topological polar surface area (TPSA) is 47.6 Å². The van der Waals surface area contributed by atoms with E-state index in [2.05, 4.69) is 5.32 Å². The smallest absolute Gasteiger partial charge is 0.399 e. The van der Waals surface area contributed by atoms with Crippen LogP contribution in [-0.2, 0) is 14.1 Å². The van der Waals surface area contributed by atoms with Crippen LogP contribution in [0.5, 0.6) is 0 Å². The van der Waals surface area contributed by atoms with Gasteiger partial charge in [0.25, 0.3) is 0 Å². The van der Waals surface area contributed by atoms with Crippen molar-refractivity contribution in [1.82, 2.24) is 0 Å². The zero-order chi connectivity index (χ0) is 16.1. The summed E-state index contributed by atoms with van der Waals surface area (Å²) in [5.74, 6) is -0.583. The zero-order valence-electron chi connectivity index (χ0n) is 13.4. The van der Waals surface area contributed by atoms with Crippen molar-refractivity contribution in [2.45, 2.75) is 51.7 Å². The molecule has 1 saturated carbocycles. The van der Waals surface area contributed by atoms with Crippen LogP contribution in [0.1, 0.15) is 40.5 Å². The number of carbonyl (C=O) groups excluding carboxylic acids is 1. The molecule has 2 fully saturated rings. The van der Waals surface area contributed by atoms with Gasteiger partial charge in [0, 0.05) is 11.4 Å². The van der Waals surface area contributed by atoms with Crippen LogP contribution in [0.2, 0.25) is 0 Å². The van der Waals surface area contributed by atoms with E-state index in [9.17, 15) is 9.18 Å². The van der Waals surface area contributed by atoms with E-state index in [1.807, 2.05) is 27.7 Å². The molecule has 1 heterocycles. The van der Waals surface area contributed by atoms with Gasteiger partial charge >= 0.3 is 7.12 Å². The van der Waals surface area contributed by atoms with Gasteiger partial charge in [0.15, 0.2) is 0 Å². The molecule has 0 aromatic heterocycles. The average Bonchev–Trinajstić information content (AvgIpc) is 3.20. The van der Waals surface area contributed by atoms with Crippen molar-refractivity contribution in [3.05, 3.63) is 24.0 Å². The molecule has 1 saturated heterocycles. The zero-order valence-corrected chi connectivity index (χ0v) is 13.4. The van der Waals surface area contributed by atoms with Gasteiger partial charge in [-0.05, 0) is 46.6 Å². The molecule has 22 heavy (non-hydrogen) atoms. The number of carbonyl (C=O) groups is 1. The van der Waals surface area contributed by atoms with E-state index in [0.717, 1.165) is 12.8 Å². The third-order valence-corrected chi connectivity index (χ3v) is 4.74. The first-order chi connectivity index (χ1) is 10.2. The fraction of sp³-hybridized carbons (Fsp3) is 0.562. The molecule has 0 spiro atoms. The number of hydrogen-bond acceptors (Lipinski definition) is 3. The number of anilines is 1. The molecule has 1 aromatic carbocycles. The predicted molar refractivity (Wildman–Crippen MR) is 83.5 cm³/mol. The quantitative estimate of drug-likeness (QED) is 0.873. The van der Waals surface area contributed by atoms with Crippen molar-refractivity contribution in [2.75, 3.05) is 5.32 Å². The van der Waals surface area contributed by atoms with Gasteiger partial charge in [-0.3, -0.25) is 4.79 Å². The summed E-state index contributed by atoms with van der Waals surface area (Å²) in [6, 6.07) is 4.89. The summed E-state index contributed by atoms with van der Waals surface area (Å²) in [4.78, 5) is 11.8. The lowest BCUT2D eigenvalue weighted by atomic mass is 9.78. The third kappa shape index (κ3) is 2.65. The van der Waals surface area contributed by atoms with Crippen molar-refractivity contribution in [3.8, 4) is 0 Å². The van der Waals surface area contributed by atoms with Gasteiger partial charge in [0.2, 0.25) is 5.91 Å². The van der Waals surface area contributed by atoms with Gasteiger partial charge in [-0.25, -0.2) is 4.39 Å². The molecule has 6 heteroatoms. The van der Waals surface area contributed by atoms with Crippen LogP contribution < -0.4 is 10.8 Å². The van der Waals surface area contributed by atoms with E-state index in [0.29, 0.717) is 5.46 Å². The standard InChI is InChI=1S/C16H21BFNO3/c1-15(2)16(3,4)22-17(21-15)11-6-5-7-12(13(11)18)19-14(20)10-8-9-10/h5-7,10H,8-9H2,1-4H3,(H,19,20). The van der Waals surface area contributed by atoms with E-state index in [4.69, 9.17) is 9.31 Å². The van der Waals surface area contributed by atoms with E-state index in [-0.39, 0.29) is 17.5 Å². The average molecular weight is 305 g/mol. The Morgan fingerprint density at radius 3 is 2.36 bits per heavy atom. The first kappa shape index (κ1) is 15.5. The molecule has 4 nitrogen and oxygen atoms in total. The summed E-state index contributed by atoms with van der Waals surface area (Å²) >= 11 is 0. The number of benzene rings is 1. The summed E-state index contributed by atoms with van der Waals surface area (Å²) < 4.78 is 26.4. The highest BCUT2D eigenvalue weighted by Gasteiger charge is 2.52. The predicted octanol–water partition coefficient (Wildman–Crippen LogP) is 2.47. The molecule has 0 radical (unpaired) electrons. The van der Waals surface area contributed by atoms with Crippen molar-refractivity contribution in [3.63, 3.8) is 0 Å². The minimum absolute atomic E-state index is 0.0277. The Balaban J connectivity index is 1.84. The number of amides is 1. The fourth-order valence-corrected chi connectivity index (χ4v) is 2.38. The maximum absolute atomic E-state index is 14.7. The number of rotatable bonds is 3. The van der Waals surface area contributed by atoms with Crippen molar-refractivity contribution < 1.29 is 18.5 Å². The Bertz CT molecular complexity index is 597. The van der Waals surface area contributed by atoms with Gasteiger partial charge < -0.3 is 14.6 Å². The monoisotopic (exact) mass is 305 g/mol. The van der Waals surface area contributed by atoms with Crippen molar-refractivity contribution in [1.29, 1.82) is 0 Å². The maximum atomic E-state index is 14.7. The lowest BCUT2D eigenvalue weighted by Gasteiger charge is -2.32. The molecule has 1 aliphatic heterocycles. The number of nitrogens with one attached hydrogen (secondary N) is 1. The van der Waals surface area contributed by atoms with Gasteiger partial charge in [0.1, 0.15) is 5.82 Å². The van der Waals surface area contributed by atoms with Crippen LogP contribution in [-0.4, -0.2) is 24.2 Å². The molecule has 3 rings (SSSR count). The van der Waals surface area contributed by atoms with Gasteiger partial charge in [0.05, 0.1) is 16.9 Å². The molecule has 0 atom stereocenters. The van der Waals surface area contributed by atoms with E-state index >= 15 is 0 Å². The van der Waals surface area contributed by atoms with Crippen LogP contribution in [0.25, 0.3) is 0 Å². The highest BCUT2D eigenvalue weighted by molar-refractivity contribution is 6.62. The molecule has 1 N–H and O–H groups in total. The summed E-state index contributed by atoms with van der Waals surface area (Å²) in [6.45, 7) is 7.68. The molecule has 1 aliphatic carbocycles. The van der Waals surface area contributed by atoms with Gasteiger partial charge in [-0.15, -0.1) is 0 Å². The molecule has 2 aliphatic rings. The highest BCUT2D eigenvalue weighted by atomic mass is 19.1. The summed E-state index contributed by atoms with van der Waals surface area (Å²) in [5.41, 5.74) is -0.564. The highest BCUT2D eigenvalue weighted by Crippen LogP contribution is 2.37. The molecule has 118 valence electrons. The third-order valence-electron chi connectivity index (χ3n) is 4.74. The lowest BCUT2D eigenvalue weighted by Crippen LogP contribution is -2.41. The summed E-state index contributed by atoms with van der Waals surface area (Å²) in [6.07, 6.45) is 1.76. The van der Waals surface area contributed by atoms with Gasteiger partial charge in [-0.2, -0.15) is 0 Å². The SMILES string of the molecule is CC1(C)OB(c2cccc(NC(=O)C3CC3)c2F)OC1(C)C. The Labute approximate surface area is 130 Å². The number of hydrogen-bond donors (Lipinski definition) is 1. The van der Waals surface area contributed by atoms with Crippen LogP contribution in [0.4, 0.5) is 10.1 Å². The molecule has 0 unspecified atom stereocenters. The first-order valence-corrected chi connectivity index (χ1v) is 7.66. The second kappa shape index (κ2) is 5.06. The fourth-order valence-electron chi connectivity index (χ4n) is 2.38. The Morgan fingerprint density at radius 2 is 1.82 bits per heavy atom. The molecular formula is C16H21BFNO3. The largest absolute Gasteiger partial charge is 0.497 e. The molecular weight excluding hydrogens is 284 g/mol. The summed E-state index contributed by atoms with van der Waals surface area (Å²) in [7, 11) is -0.775. The van der Waals surface area contributed by atoms with E-state index in [1.54, 1.807) is 18.2 Å². The normalized spacial score (nSPS) is 22.7. The second-order valence-electron chi connectivity index (χ2n) is 7.06. The Kier molecular flexibility index (Phi) is 3.57. The van der Waals surface area contributed by atoms with E-state index < -0.39 is 24.1 Å². The Morgan fingerprint density at radius 1 is 1.23 bits per heavy atom. The number of halogens is 1. The maximum Gasteiger partial charge on any atom is 0.497 e. The molecule has 0 bridgehead atoms. The second-order valence-corrected chi connectivity index (χ2v) is 7.06.